The molecule has 0 aliphatic rings. The Labute approximate surface area is 172 Å². The molecular formula is C20H23F3N4O2Si. The van der Waals surface area contributed by atoms with Crippen molar-refractivity contribution in [2.75, 3.05) is 6.61 Å². The molecule has 0 aliphatic carbocycles. The van der Waals surface area contributed by atoms with E-state index in [0.29, 0.717) is 12.3 Å². The van der Waals surface area contributed by atoms with Gasteiger partial charge in [-0.05, 0) is 23.7 Å². The van der Waals surface area contributed by atoms with Crippen LogP contribution in [0.25, 0.3) is 22.6 Å². The average molecular weight is 437 g/mol. The van der Waals surface area contributed by atoms with E-state index in [9.17, 15) is 18.0 Å². The molecule has 0 spiro atoms. The highest BCUT2D eigenvalue weighted by molar-refractivity contribution is 6.76. The van der Waals surface area contributed by atoms with Crippen molar-refractivity contribution in [1.82, 2.24) is 19.5 Å². The Morgan fingerprint density at radius 2 is 1.87 bits per heavy atom. The van der Waals surface area contributed by atoms with Crippen LogP contribution >= 0.6 is 0 Å². The van der Waals surface area contributed by atoms with Gasteiger partial charge < -0.3 is 14.3 Å². The highest BCUT2D eigenvalue weighted by Crippen LogP contribution is 2.31. The fourth-order valence-electron chi connectivity index (χ4n) is 2.68. The van der Waals surface area contributed by atoms with Crippen LogP contribution in [-0.4, -0.2) is 34.2 Å². The van der Waals surface area contributed by atoms with Gasteiger partial charge in [0.2, 0.25) is 5.56 Å². The van der Waals surface area contributed by atoms with Crippen molar-refractivity contribution in [2.24, 2.45) is 0 Å². The third-order valence-corrected chi connectivity index (χ3v) is 6.11. The van der Waals surface area contributed by atoms with Crippen molar-refractivity contribution in [3.63, 3.8) is 0 Å². The number of rotatable bonds is 7. The Hall–Kier alpha value is -2.72. The van der Waals surface area contributed by atoms with Gasteiger partial charge in [0.05, 0.1) is 0 Å². The van der Waals surface area contributed by atoms with Crippen LogP contribution in [0, 0.1) is 0 Å². The molecule has 0 aromatic carbocycles. The van der Waals surface area contributed by atoms with E-state index in [-0.39, 0.29) is 18.1 Å². The Morgan fingerprint density at radius 1 is 1.13 bits per heavy atom. The van der Waals surface area contributed by atoms with Crippen LogP contribution in [0.5, 0.6) is 0 Å². The molecule has 0 saturated heterocycles. The molecule has 0 fully saturated rings. The highest BCUT2D eigenvalue weighted by Gasteiger charge is 2.35. The Bertz CT molecular complexity index is 1030. The fraction of sp³-hybridized carbons (Fsp3) is 0.350. The van der Waals surface area contributed by atoms with Gasteiger partial charge in [-0.2, -0.15) is 13.2 Å². The molecule has 1 N–H and O–H groups in total. The minimum absolute atomic E-state index is 0.0355. The number of H-pyrrole nitrogens is 1. The van der Waals surface area contributed by atoms with Crippen molar-refractivity contribution >= 4 is 8.07 Å². The van der Waals surface area contributed by atoms with Gasteiger partial charge in [0.15, 0.2) is 11.5 Å². The third-order valence-electron chi connectivity index (χ3n) is 4.40. The van der Waals surface area contributed by atoms with Crippen molar-refractivity contribution in [3.8, 4) is 22.6 Å². The highest BCUT2D eigenvalue weighted by atomic mass is 28.3. The molecule has 0 saturated carbocycles. The lowest BCUT2D eigenvalue weighted by molar-refractivity contribution is -0.141. The Balaban J connectivity index is 1.85. The topological polar surface area (TPSA) is 72.8 Å². The number of nitrogens with one attached hydrogen (secondary N) is 1. The molecular weight excluding hydrogens is 413 g/mol. The summed E-state index contributed by atoms with van der Waals surface area (Å²) in [5.74, 6) is 0.0864. The number of halogens is 3. The summed E-state index contributed by atoms with van der Waals surface area (Å²) < 4.78 is 46.5. The summed E-state index contributed by atoms with van der Waals surface area (Å²) in [5, 5.41) is 0. The lowest BCUT2D eigenvalue weighted by atomic mass is 10.1. The van der Waals surface area contributed by atoms with Gasteiger partial charge in [-0.3, -0.25) is 9.78 Å². The summed E-state index contributed by atoms with van der Waals surface area (Å²) >= 11 is 0. The number of nitrogens with zero attached hydrogens (tertiary/aromatic N) is 3. The van der Waals surface area contributed by atoms with E-state index < -0.39 is 19.9 Å². The first-order valence-corrected chi connectivity index (χ1v) is 13.1. The largest absolute Gasteiger partial charge is 0.434 e. The molecule has 6 nitrogen and oxygen atoms in total. The Kier molecular flexibility index (Phi) is 6.27. The predicted molar refractivity (Wildman–Crippen MR) is 111 cm³/mol. The first-order chi connectivity index (χ1) is 14.0. The van der Waals surface area contributed by atoms with Crippen LogP contribution in [0.4, 0.5) is 13.2 Å². The molecule has 3 aromatic heterocycles. The summed E-state index contributed by atoms with van der Waals surface area (Å²) in [6.45, 7) is 7.05. The number of ether oxygens (including phenoxy) is 1. The van der Waals surface area contributed by atoms with Crippen molar-refractivity contribution in [2.45, 2.75) is 38.6 Å². The zero-order valence-corrected chi connectivity index (χ0v) is 18.0. The molecule has 3 rings (SSSR count). The standard InChI is InChI=1S/C20H23F3N4O2Si/c1-30(2,3)9-8-29-13-27-12-17(20(21,22)23)26-19(27)16-6-4-14(10-24-16)15-5-7-18(28)25-11-15/h4-7,10-12H,8-9,13H2,1-3H3,(H,25,28). The average Bonchev–Trinajstić information content (AvgIpc) is 3.10. The van der Waals surface area contributed by atoms with E-state index in [2.05, 4.69) is 34.6 Å². The number of aromatic amines is 1. The normalized spacial score (nSPS) is 12.3. The van der Waals surface area contributed by atoms with E-state index in [1.54, 1.807) is 24.4 Å². The molecule has 160 valence electrons. The quantitative estimate of drug-likeness (QED) is 0.433. The smallest absolute Gasteiger partial charge is 0.361 e. The minimum Gasteiger partial charge on any atom is -0.361 e. The summed E-state index contributed by atoms with van der Waals surface area (Å²) in [7, 11) is -1.30. The van der Waals surface area contributed by atoms with Gasteiger partial charge in [0.25, 0.3) is 0 Å². The first-order valence-electron chi connectivity index (χ1n) is 9.41. The molecule has 3 aromatic rings. The van der Waals surface area contributed by atoms with E-state index >= 15 is 0 Å². The number of pyridine rings is 2. The maximum absolute atomic E-state index is 13.2. The van der Waals surface area contributed by atoms with E-state index in [4.69, 9.17) is 4.74 Å². The number of alkyl halides is 3. The SMILES string of the molecule is C[Si](C)(C)CCOCn1cc(C(F)(F)F)nc1-c1ccc(-c2ccc(=O)[nH]c2)cn1. The zero-order chi connectivity index (χ0) is 21.9. The summed E-state index contributed by atoms with van der Waals surface area (Å²) in [4.78, 5) is 21.8. The molecule has 0 aliphatic heterocycles. The lowest BCUT2D eigenvalue weighted by Crippen LogP contribution is -2.22. The second-order valence-electron chi connectivity index (χ2n) is 8.14. The predicted octanol–water partition coefficient (Wildman–Crippen LogP) is 4.63. The van der Waals surface area contributed by atoms with Crippen LogP contribution in [-0.2, 0) is 17.6 Å². The molecule has 10 heteroatoms. The third kappa shape index (κ3) is 5.67. The van der Waals surface area contributed by atoms with Gasteiger partial charge in [0, 0.05) is 44.9 Å². The number of aromatic nitrogens is 4. The van der Waals surface area contributed by atoms with Crippen LogP contribution in [0.15, 0.2) is 47.7 Å². The van der Waals surface area contributed by atoms with Crippen LogP contribution in [0.2, 0.25) is 25.7 Å². The summed E-state index contributed by atoms with van der Waals surface area (Å²) in [6.07, 6.45) is -0.537. The fourth-order valence-corrected chi connectivity index (χ4v) is 3.44. The summed E-state index contributed by atoms with van der Waals surface area (Å²) in [6, 6.07) is 7.26. The molecule has 0 unspecified atom stereocenters. The monoisotopic (exact) mass is 436 g/mol. The molecule has 0 amide bonds. The minimum atomic E-state index is -4.56. The van der Waals surface area contributed by atoms with Crippen molar-refractivity contribution in [1.29, 1.82) is 0 Å². The Morgan fingerprint density at radius 3 is 2.43 bits per heavy atom. The molecule has 0 atom stereocenters. The second kappa shape index (κ2) is 8.56. The van der Waals surface area contributed by atoms with E-state index in [1.807, 2.05) is 0 Å². The molecule has 3 heterocycles. The van der Waals surface area contributed by atoms with E-state index in [0.717, 1.165) is 23.4 Å². The van der Waals surface area contributed by atoms with Gasteiger partial charge in [-0.15, -0.1) is 0 Å². The van der Waals surface area contributed by atoms with Crippen LogP contribution < -0.4 is 5.56 Å². The van der Waals surface area contributed by atoms with Crippen LogP contribution in [0.1, 0.15) is 5.69 Å². The molecule has 0 radical (unpaired) electrons. The number of hydrogen-bond donors (Lipinski definition) is 1. The summed E-state index contributed by atoms with van der Waals surface area (Å²) in [5.41, 5.74) is 0.544. The van der Waals surface area contributed by atoms with Gasteiger partial charge in [-0.1, -0.05) is 25.7 Å². The molecule has 0 bridgehead atoms. The van der Waals surface area contributed by atoms with Gasteiger partial charge in [0.1, 0.15) is 12.4 Å². The van der Waals surface area contributed by atoms with E-state index in [1.165, 1.54) is 16.8 Å². The second-order valence-corrected chi connectivity index (χ2v) is 13.8. The first kappa shape index (κ1) is 22.0. The number of imidazole rings is 1. The van der Waals surface area contributed by atoms with Crippen molar-refractivity contribution in [3.05, 3.63) is 58.9 Å². The maximum Gasteiger partial charge on any atom is 0.434 e. The zero-order valence-electron chi connectivity index (χ0n) is 17.0. The van der Waals surface area contributed by atoms with Gasteiger partial charge >= 0.3 is 6.18 Å². The van der Waals surface area contributed by atoms with Gasteiger partial charge in [-0.25, -0.2) is 4.98 Å². The van der Waals surface area contributed by atoms with Crippen LogP contribution in [0.3, 0.4) is 0 Å². The number of hydrogen-bond acceptors (Lipinski definition) is 4. The lowest BCUT2D eigenvalue weighted by Gasteiger charge is -2.16. The molecule has 30 heavy (non-hydrogen) atoms. The van der Waals surface area contributed by atoms with Crippen molar-refractivity contribution < 1.29 is 17.9 Å². The maximum atomic E-state index is 13.2.